The summed E-state index contributed by atoms with van der Waals surface area (Å²) in [5.41, 5.74) is 0. The Hall–Kier alpha value is -0.810. The summed E-state index contributed by atoms with van der Waals surface area (Å²) < 4.78 is 0. The van der Waals surface area contributed by atoms with Crippen molar-refractivity contribution in [3.63, 3.8) is 0 Å². The maximum Gasteiger partial charge on any atom is 0.141 e. The minimum absolute atomic E-state index is 0.529. The molecule has 3 heterocycles. The summed E-state index contributed by atoms with van der Waals surface area (Å²) in [6, 6.07) is 2.80. The minimum Gasteiger partial charge on any atom is -0.351 e. The van der Waals surface area contributed by atoms with Crippen LogP contribution in [0.15, 0.2) is 12.4 Å². The molecule has 0 N–H and O–H groups in total. The van der Waals surface area contributed by atoms with E-state index >= 15 is 0 Å². The van der Waals surface area contributed by atoms with Gasteiger partial charge in [0.15, 0.2) is 0 Å². The molecule has 102 valence electrons. The third-order valence-corrected chi connectivity index (χ3v) is 6.39. The third kappa shape index (κ3) is 2.34. The molecule has 2 aromatic heterocycles. The van der Waals surface area contributed by atoms with Crippen LogP contribution < -0.4 is 4.90 Å². The molecule has 0 bridgehead atoms. The molecular weight excluding hydrogens is 274 g/mol. The molecule has 0 spiro atoms. The van der Waals surface area contributed by atoms with E-state index in [4.69, 9.17) is 0 Å². The van der Waals surface area contributed by atoms with Gasteiger partial charge in [0.25, 0.3) is 0 Å². The van der Waals surface area contributed by atoms with Crippen LogP contribution in [0.3, 0.4) is 0 Å². The van der Waals surface area contributed by atoms with Crippen molar-refractivity contribution in [1.29, 1.82) is 0 Å². The Morgan fingerprint density at radius 1 is 1.37 bits per heavy atom. The zero-order valence-electron chi connectivity index (χ0n) is 11.6. The molecule has 0 aromatic carbocycles. The van der Waals surface area contributed by atoms with E-state index in [0.29, 0.717) is 11.3 Å². The molecule has 0 amide bonds. The second kappa shape index (κ2) is 5.29. The largest absolute Gasteiger partial charge is 0.351 e. The Morgan fingerprint density at radius 3 is 3.00 bits per heavy atom. The topological polar surface area (TPSA) is 29.0 Å². The van der Waals surface area contributed by atoms with E-state index in [9.17, 15) is 0 Å². The molecule has 2 unspecified atom stereocenters. The maximum atomic E-state index is 4.58. The van der Waals surface area contributed by atoms with Crippen molar-refractivity contribution in [1.82, 2.24) is 9.97 Å². The molecule has 0 aliphatic carbocycles. The molecule has 1 saturated heterocycles. The molecule has 1 fully saturated rings. The highest BCUT2D eigenvalue weighted by atomic mass is 32.2. The van der Waals surface area contributed by atoms with Crippen LogP contribution in [0.1, 0.15) is 25.6 Å². The Bertz CT molecular complexity index is 581. The SMILES string of the molecule is CCc1cc2c(N3CCSC(C)C3C)ncnc2s1. The summed E-state index contributed by atoms with van der Waals surface area (Å²) in [4.78, 5) is 14.0. The Kier molecular flexibility index (Phi) is 3.67. The van der Waals surface area contributed by atoms with Crippen LogP contribution >= 0.6 is 23.1 Å². The lowest BCUT2D eigenvalue weighted by atomic mass is 10.2. The summed E-state index contributed by atoms with van der Waals surface area (Å²) >= 11 is 3.85. The van der Waals surface area contributed by atoms with Gasteiger partial charge in [-0.25, -0.2) is 9.97 Å². The molecule has 19 heavy (non-hydrogen) atoms. The highest BCUT2D eigenvalue weighted by Crippen LogP contribution is 2.34. The first-order valence-electron chi connectivity index (χ1n) is 6.82. The van der Waals surface area contributed by atoms with Crippen LogP contribution in [-0.2, 0) is 6.42 Å². The van der Waals surface area contributed by atoms with E-state index in [-0.39, 0.29) is 0 Å². The van der Waals surface area contributed by atoms with Gasteiger partial charge in [0.05, 0.1) is 5.39 Å². The molecule has 3 rings (SSSR count). The van der Waals surface area contributed by atoms with Crippen molar-refractivity contribution in [2.75, 3.05) is 17.2 Å². The van der Waals surface area contributed by atoms with Gasteiger partial charge >= 0.3 is 0 Å². The number of rotatable bonds is 2. The van der Waals surface area contributed by atoms with Gasteiger partial charge in [0.1, 0.15) is 17.0 Å². The smallest absolute Gasteiger partial charge is 0.141 e. The Morgan fingerprint density at radius 2 is 2.21 bits per heavy atom. The second-order valence-corrected chi connectivity index (χ2v) is 7.59. The lowest BCUT2D eigenvalue weighted by molar-refractivity contribution is 0.622. The Labute approximate surface area is 122 Å². The third-order valence-electron chi connectivity index (χ3n) is 3.86. The number of fused-ring (bicyclic) bond motifs is 1. The van der Waals surface area contributed by atoms with Crippen molar-refractivity contribution in [2.24, 2.45) is 0 Å². The van der Waals surface area contributed by atoms with Gasteiger partial charge in [-0.1, -0.05) is 13.8 Å². The van der Waals surface area contributed by atoms with E-state index in [1.54, 1.807) is 17.7 Å². The zero-order chi connectivity index (χ0) is 13.4. The zero-order valence-corrected chi connectivity index (χ0v) is 13.2. The molecule has 2 aromatic rings. The van der Waals surface area contributed by atoms with Crippen molar-refractivity contribution < 1.29 is 0 Å². The number of nitrogens with zero attached hydrogens (tertiary/aromatic N) is 3. The quantitative estimate of drug-likeness (QED) is 0.846. The summed E-state index contributed by atoms with van der Waals surface area (Å²) in [7, 11) is 0. The van der Waals surface area contributed by atoms with E-state index in [2.05, 4.69) is 53.5 Å². The van der Waals surface area contributed by atoms with E-state index < -0.39 is 0 Å². The first-order chi connectivity index (χ1) is 9.20. The van der Waals surface area contributed by atoms with Crippen LogP contribution in [0.5, 0.6) is 0 Å². The monoisotopic (exact) mass is 293 g/mol. The van der Waals surface area contributed by atoms with Gasteiger partial charge in [-0.2, -0.15) is 11.8 Å². The summed E-state index contributed by atoms with van der Waals surface area (Å²) in [5.74, 6) is 2.31. The second-order valence-electron chi connectivity index (χ2n) is 4.99. The predicted molar refractivity (Wildman–Crippen MR) is 85.5 cm³/mol. The normalized spacial score (nSPS) is 24.1. The number of hydrogen-bond acceptors (Lipinski definition) is 5. The molecule has 0 radical (unpaired) electrons. The fourth-order valence-corrected chi connectivity index (χ4v) is 4.56. The van der Waals surface area contributed by atoms with Gasteiger partial charge in [0, 0.05) is 28.5 Å². The van der Waals surface area contributed by atoms with E-state index in [1.165, 1.54) is 16.0 Å². The minimum atomic E-state index is 0.529. The highest BCUT2D eigenvalue weighted by Gasteiger charge is 2.27. The lowest BCUT2D eigenvalue weighted by Gasteiger charge is -2.38. The standard InChI is InChI=1S/C14H19N3S2/c1-4-11-7-12-13(15-8-16-14(12)19-11)17-5-6-18-10(3)9(17)2/h7-10H,4-6H2,1-3H3. The van der Waals surface area contributed by atoms with Crippen LogP contribution in [-0.4, -0.2) is 33.6 Å². The van der Waals surface area contributed by atoms with Crippen molar-refractivity contribution in [3.05, 3.63) is 17.3 Å². The molecular formula is C14H19N3S2. The first kappa shape index (κ1) is 13.2. The lowest BCUT2D eigenvalue weighted by Crippen LogP contribution is -2.45. The van der Waals surface area contributed by atoms with Crippen molar-refractivity contribution >= 4 is 39.1 Å². The number of thioether (sulfide) groups is 1. The average molecular weight is 293 g/mol. The fraction of sp³-hybridized carbons (Fsp3) is 0.571. The van der Waals surface area contributed by atoms with Gasteiger partial charge in [0.2, 0.25) is 0 Å². The summed E-state index contributed by atoms with van der Waals surface area (Å²) in [5, 5.41) is 1.89. The number of hydrogen-bond donors (Lipinski definition) is 0. The van der Waals surface area contributed by atoms with Gasteiger partial charge < -0.3 is 4.90 Å². The van der Waals surface area contributed by atoms with E-state index in [0.717, 1.165) is 23.6 Å². The van der Waals surface area contributed by atoms with Crippen molar-refractivity contribution in [2.45, 2.75) is 38.5 Å². The highest BCUT2D eigenvalue weighted by molar-refractivity contribution is 8.00. The average Bonchev–Trinajstić information content (AvgIpc) is 2.85. The molecule has 1 aliphatic rings. The predicted octanol–water partition coefficient (Wildman–Crippen LogP) is 3.58. The fourth-order valence-electron chi connectivity index (χ4n) is 2.53. The summed E-state index contributed by atoms with van der Waals surface area (Å²) in [6.07, 6.45) is 2.79. The number of aromatic nitrogens is 2. The van der Waals surface area contributed by atoms with Crippen LogP contribution in [0, 0.1) is 0 Å². The van der Waals surface area contributed by atoms with Crippen LogP contribution in [0.4, 0.5) is 5.82 Å². The summed E-state index contributed by atoms with van der Waals surface area (Å²) in [6.45, 7) is 7.89. The number of thiophene rings is 1. The van der Waals surface area contributed by atoms with Gasteiger partial charge in [-0.05, 0) is 19.4 Å². The number of aryl methyl sites for hydroxylation is 1. The molecule has 0 saturated carbocycles. The van der Waals surface area contributed by atoms with Crippen molar-refractivity contribution in [3.8, 4) is 0 Å². The molecule has 5 heteroatoms. The van der Waals surface area contributed by atoms with E-state index in [1.807, 2.05) is 0 Å². The van der Waals surface area contributed by atoms with Crippen LogP contribution in [0.25, 0.3) is 10.2 Å². The van der Waals surface area contributed by atoms with Crippen LogP contribution in [0.2, 0.25) is 0 Å². The molecule has 1 aliphatic heterocycles. The molecule has 3 nitrogen and oxygen atoms in total. The first-order valence-corrected chi connectivity index (χ1v) is 8.69. The Balaban J connectivity index is 2.06. The maximum absolute atomic E-state index is 4.58. The van der Waals surface area contributed by atoms with Gasteiger partial charge in [-0.3, -0.25) is 0 Å². The molecule has 2 atom stereocenters. The number of anilines is 1. The van der Waals surface area contributed by atoms with Gasteiger partial charge in [-0.15, -0.1) is 11.3 Å².